The van der Waals surface area contributed by atoms with Crippen LogP contribution in [0.4, 0.5) is 0 Å². The Hall–Kier alpha value is -15.1. The summed E-state index contributed by atoms with van der Waals surface area (Å²) in [4.78, 5) is 24.6. The molecule has 0 bridgehead atoms. The first-order chi connectivity index (χ1) is 60.0. The zero-order valence-electron chi connectivity index (χ0n) is 64.3. The monoisotopic (exact) mass is 1640 g/mol. The van der Waals surface area contributed by atoms with Crippen molar-refractivity contribution in [2.45, 2.75) is 0 Å². The molecule has 0 fully saturated rings. The summed E-state index contributed by atoms with van der Waals surface area (Å²) >= 11 is 7.07. The molecule has 121 heavy (non-hydrogen) atoms. The van der Waals surface area contributed by atoms with Gasteiger partial charge >= 0.3 is 0 Å². The van der Waals surface area contributed by atoms with Gasteiger partial charge in [-0.2, -0.15) is 0 Å². The third-order valence-corrected chi connectivity index (χ3v) is 27.3. The van der Waals surface area contributed by atoms with Gasteiger partial charge in [0, 0.05) is 118 Å². The average molecular weight is 1650 g/mol. The number of furan rings is 2. The average Bonchev–Trinajstić information content (AvgIpc) is 1.53. The fraction of sp³-hybridized carbons (Fsp3) is 0. The second kappa shape index (κ2) is 26.4. The van der Waals surface area contributed by atoms with E-state index in [-0.39, 0.29) is 0 Å². The molecule has 10 aromatic heterocycles. The number of benzene rings is 18. The van der Waals surface area contributed by atoms with E-state index in [1.54, 1.807) is 22.7 Å². The highest BCUT2D eigenvalue weighted by molar-refractivity contribution is 9.10. The van der Waals surface area contributed by atoms with E-state index in [0.29, 0.717) is 10.7 Å². The molecule has 0 unspecified atom stereocenters. The predicted molar refractivity (Wildman–Crippen MR) is 512 cm³/mol. The smallest absolute Gasteiger partial charge is 0.236 e. The van der Waals surface area contributed by atoms with Crippen LogP contribution in [-0.4, -0.2) is 38.6 Å². The van der Waals surface area contributed by atoms with Crippen LogP contribution in [0.25, 0.3) is 255 Å². The Morgan fingerprint density at radius 2 is 0.686 bits per heavy atom. The number of aromatic nitrogens is 8. The lowest BCUT2D eigenvalue weighted by atomic mass is 9.98. The van der Waals surface area contributed by atoms with Crippen LogP contribution in [0.2, 0.25) is 0 Å². The SMILES string of the molecule is Brc1nc(-c2ccc3c4ccccc4n(-c4ccccc4)c3c2)c2sc3ccccc3c2n1.c1ccc(-n2c3ccccc3c3ccc(-c4nc(-n5c6c7ccccc7ccc6c6c7ccccc7c7c8ccccc8oc7c65)nc5c4sc4ccccc45)cc32)cc1.c1ccc2c(c1)ccc1c2[nH]c2c3oc4ccccc4c3c3ccccc3c12. The normalized spacial score (nSPS) is 12.2. The van der Waals surface area contributed by atoms with E-state index in [4.69, 9.17) is 28.8 Å². The van der Waals surface area contributed by atoms with Crippen LogP contribution in [0.15, 0.2) is 378 Å². The highest BCUT2D eigenvalue weighted by Gasteiger charge is 2.29. The molecule has 0 spiro atoms. The molecular weight excluding hydrogens is 1590 g/mol. The number of hydrogen-bond acceptors (Lipinski definition) is 8. The van der Waals surface area contributed by atoms with Crippen molar-refractivity contribution in [1.29, 1.82) is 0 Å². The van der Waals surface area contributed by atoms with Gasteiger partial charge in [-0.3, -0.25) is 4.57 Å². The molecule has 13 heteroatoms. The summed E-state index contributed by atoms with van der Waals surface area (Å²) in [7, 11) is 0. The lowest BCUT2D eigenvalue weighted by Gasteiger charge is -2.12. The molecule has 10 nitrogen and oxygen atoms in total. The van der Waals surface area contributed by atoms with E-state index in [1.807, 2.05) is 18.2 Å². The number of nitrogens with one attached hydrogen (secondary N) is 1. The summed E-state index contributed by atoms with van der Waals surface area (Å²) in [5.41, 5.74) is 20.7. The van der Waals surface area contributed by atoms with E-state index < -0.39 is 0 Å². The molecule has 0 aliphatic heterocycles. The van der Waals surface area contributed by atoms with Crippen LogP contribution in [-0.2, 0) is 0 Å². The Balaban J connectivity index is 0.000000108. The van der Waals surface area contributed by atoms with Crippen LogP contribution in [0, 0.1) is 0 Å². The fourth-order valence-corrected chi connectivity index (χ4v) is 22.2. The molecule has 10 heterocycles. The Morgan fingerprint density at radius 1 is 0.273 bits per heavy atom. The summed E-state index contributed by atoms with van der Waals surface area (Å²) in [6.45, 7) is 0. The molecule has 18 aromatic carbocycles. The maximum Gasteiger partial charge on any atom is 0.236 e. The number of H-pyrrole nitrogens is 1. The standard InChI is InChI=1S/C54H30N4OS.C28H16BrN3S.C26H15NO/c1-2-15-33(16-3-1)57-42-23-11-8-18-35(42)36-28-27-32(30-43(36)57)48-53-49(40-22-10-13-25-45(40)60-53)56-54(55-48)58-50-34-17-5-4-14-31(34)26-29-41(50)46-37-19-6-7-20-38(37)47-39-21-9-12-24-44(39)59-52(47)51(46)58;29-28-30-25(27-26(31-28)21-11-5-7-13-24(21)33-27)17-14-15-20-19-10-4-6-12-22(19)32(23(20)16-17)18-8-2-1-3-9-18;1-2-8-16-15(7-1)13-14-20-22-17-9-3-4-10-18(17)23-19-11-5-6-12-21(19)28-26(23)25(22)27-24(16)20/h1-30H;1-16H;1-14,27H. The van der Waals surface area contributed by atoms with Gasteiger partial charge in [-0.25, -0.2) is 19.9 Å². The Kier molecular flexibility index (Phi) is 14.9. The van der Waals surface area contributed by atoms with Crippen molar-refractivity contribution in [3.63, 3.8) is 0 Å². The van der Waals surface area contributed by atoms with Gasteiger partial charge in [0.1, 0.15) is 16.7 Å². The molecular formula is C108H61BrN8O2S2. The number of rotatable bonds is 5. The molecule has 0 saturated heterocycles. The summed E-state index contributed by atoms with van der Waals surface area (Å²) in [6, 6.07) is 129. The van der Waals surface area contributed by atoms with E-state index in [2.05, 4.69) is 380 Å². The Morgan fingerprint density at radius 3 is 1.26 bits per heavy atom. The summed E-state index contributed by atoms with van der Waals surface area (Å²) in [5, 5.41) is 26.1. The first-order valence-corrected chi connectivity index (χ1v) is 42.9. The van der Waals surface area contributed by atoms with E-state index in [0.717, 1.165) is 136 Å². The van der Waals surface area contributed by atoms with Gasteiger partial charge in [-0.15, -0.1) is 22.7 Å². The number of nitrogens with zero attached hydrogens (tertiary/aromatic N) is 7. The predicted octanol–water partition coefficient (Wildman–Crippen LogP) is 30.8. The maximum absolute atomic E-state index is 6.99. The molecule has 0 radical (unpaired) electrons. The third-order valence-electron chi connectivity index (χ3n) is 24.6. The zero-order chi connectivity index (χ0) is 79.2. The largest absolute Gasteiger partial charge is 0.454 e. The van der Waals surface area contributed by atoms with E-state index in [1.165, 1.54) is 112 Å². The Labute approximate surface area is 704 Å². The van der Waals surface area contributed by atoms with Crippen molar-refractivity contribution in [3.05, 3.63) is 369 Å². The molecule has 1 N–H and O–H groups in total. The minimum absolute atomic E-state index is 0.609. The van der Waals surface area contributed by atoms with Gasteiger partial charge in [0.25, 0.3) is 0 Å². The zero-order valence-corrected chi connectivity index (χ0v) is 67.5. The quantitative estimate of drug-likeness (QED) is 0.172. The number of aromatic amines is 1. The van der Waals surface area contributed by atoms with Gasteiger partial charge in [-0.1, -0.05) is 291 Å². The van der Waals surface area contributed by atoms with Crippen molar-refractivity contribution in [2.75, 3.05) is 0 Å². The molecule has 564 valence electrons. The van der Waals surface area contributed by atoms with Crippen molar-refractivity contribution in [1.82, 2.24) is 38.6 Å². The Bertz CT molecular complexity index is 9290. The van der Waals surface area contributed by atoms with Crippen LogP contribution in [0.5, 0.6) is 0 Å². The van der Waals surface area contributed by atoms with Crippen molar-refractivity contribution in [3.8, 4) is 39.8 Å². The second-order valence-electron chi connectivity index (χ2n) is 31.1. The number of halogens is 1. The third kappa shape index (κ3) is 10.1. The molecule has 28 aromatic rings. The first kappa shape index (κ1) is 68.0. The fourth-order valence-electron chi connectivity index (χ4n) is 19.5. The molecule has 0 aliphatic carbocycles. The molecule has 0 saturated carbocycles. The number of hydrogen-bond donors (Lipinski definition) is 1. The van der Waals surface area contributed by atoms with Crippen LogP contribution < -0.4 is 0 Å². The van der Waals surface area contributed by atoms with Crippen LogP contribution in [0.1, 0.15) is 0 Å². The van der Waals surface area contributed by atoms with E-state index in [9.17, 15) is 0 Å². The minimum atomic E-state index is 0.609. The van der Waals surface area contributed by atoms with Crippen molar-refractivity contribution < 1.29 is 8.83 Å². The van der Waals surface area contributed by atoms with Crippen LogP contribution in [0.3, 0.4) is 0 Å². The first-order valence-electron chi connectivity index (χ1n) is 40.5. The lowest BCUT2D eigenvalue weighted by molar-refractivity contribution is 0.671. The van der Waals surface area contributed by atoms with Crippen LogP contribution >= 0.6 is 38.6 Å². The van der Waals surface area contributed by atoms with Crippen molar-refractivity contribution in [2.24, 2.45) is 0 Å². The van der Waals surface area contributed by atoms with Gasteiger partial charge in [0.2, 0.25) is 5.95 Å². The number of fused-ring (bicyclic) bond motifs is 36. The molecule has 0 atom stereocenters. The summed E-state index contributed by atoms with van der Waals surface area (Å²) in [5.74, 6) is 0.609. The van der Waals surface area contributed by atoms with Gasteiger partial charge in [0.05, 0.1) is 70.4 Å². The van der Waals surface area contributed by atoms with Gasteiger partial charge < -0.3 is 23.0 Å². The second-order valence-corrected chi connectivity index (χ2v) is 33.9. The number of para-hydroxylation sites is 6. The van der Waals surface area contributed by atoms with Gasteiger partial charge in [-0.05, 0) is 121 Å². The van der Waals surface area contributed by atoms with Gasteiger partial charge in [0.15, 0.2) is 15.9 Å². The molecule has 0 amide bonds. The highest BCUT2D eigenvalue weighted by Crippen LogP contribution is 2.51. The highest BCUT2D eigenvalue weighted by atomic mass is 79.9. The summed E-state index contributed by atoms with van der Waals surface area (Å²) in [6.07, 6.45) is 0. The van der Waals surface area contributed by atoms with Crippen molar-refractivity contribution >= 4 is 253 Å². The molecule has 28 rings (SSSR count). The summed E-state index contributed by atoms with van der Waals surface area (Å²) < 4.78 is 25.6. The minimum Gasteiger partial charge on any atom is -0.454 e. The van der Waals surface area contributed by atoms with E-state index >= 15 is 0 Å². The maximum atomic E-state index is 6.99. The topological polar surface area (TPSA) is 108 Å². The lowest BCUT2D eigenvalue weighted by Crippen LogP contribution is -2.03. The molecule has 0 aliphatic rings. The number of thiophene rings is 2.